The topological polar surface area (TPSA) is 23.6 Å². The predicted octanol–water partition coefficient (Wildman–Crippen LogP) is 6.82. The lowest BCUT2D eigenvalue weighted by Gasteiger charge is -2.30. The van der Waals surface area contributed by atoms with Gasteiger partial charge in [-0.15, -0.1) is 0 Å². The Balaban J connectivity index is 1.72. The Labute approximate surface area is 195 Å². The summed E-state index contributed by atoms with van der Waals surface area (Å²) in [7, 11) is 0. The largest absolute Gasteiger partial charge is 0.370 e. The molecule has 0 spiro atoms. The fraction of sp³-hybridized carbons (Fsp3) is 0.621. The van der Waals surface area contributed by atoms with Crippen LogP contribution in [-0.2, 0) is 5.41 Å². The van der Waals surface area contributed by atoms with Crippen LogP contribution in [0.3, 0.4) is 0 Å². The highest BCUT2D eigenvalue weighted by molar-refractivity contribution is 6.22. The molecule has 3 heteroatoms. The summed E-state index contributed by atoms with van der Waals surface area (Å²) in [4.78, 5) is 19.1. The van der Waals surface area contributed by atoms with E-state index in [2.05, 4.69) is 67.8 Å². The fourth-order valence-corrected chi connectivity index (χ4v) is 6.12. The highest BCUT2D eigenvalue weighted by atomic mass is 16.1. The van der Waals surface area contributed by atoms with Crippen LogP contribution in [0.15, 0.2) is 30.3 Å². The Kier molecular flexibility index (Phi) is 7.24. The second kappa shape index (κ2) is 9.95. The number of carbonyl (C=O) groups excluding carboxylic acids is 1. The summed E-state index contributed by atoms with van der Waals surface area (Å²) in [5, 5.41) is 2.55. The number of nitrogens with zero attached hydrogens (tertiary/aromatic N) is 2. The maximum Gasteiger partial charge on any atom is 0.174 e. The highest BCUT2D eigenvalue weighted by Crippen LogP contribution is 2.50. The minimum absolute atomic E-state index is 0.306. The molecule has 0 atom stereocenters. The first kappa shape index (κ1) is 23.3. The van der Waals surface area contributed by atoms with Crippen molar-refractivity contribution in [1.82, 2.24) is 4.90 Å². The predicted molar refractivity (Wildman–Crippen MR) is 137 cm³/mol. The molecule has 1 aliphatic carbocycles. The van der Waals surface area contributed by atoms with E-state index < -0.39 is 0 Å². The molecular weight excluding hydrogens is 392 g/mol. The molecule has 2 aliphatic rings. The minimum atomic E-state index is -0.306. The standard InChI is InChI=1S/C29H42N2O/c1-5-7-15-29(16-8-6-2)25-13-14-26(23-11-9-12-24(27(23)25)28(29)32)31-18-10-17-30(19-20-31)21-22(3)4/h9,11-14,22H,5-8,10,15-21H2,1-4H3. The van der Waals surface area contributed by atoms with Gasteiger partial charge in [-0.2, -0.15) is 0 Å². The molecule has 2 aromatic rings. The zero-order valence-corrected chi connectivity index (χ0v) is 20.8. The first-order chi connectivity index (χ1) is 15.5. The molecule has 174 valence electrons. The lowest BCUT2D eigenvalue weighted by atomic mass is 9.72. The third kappa shape index (κ3) is 4.21. The van der Waals surface area contributed by atoms with Gasteiger partial charge in [0.2, 0.25) is 0 Å². The van der Waals surface area contributed by atoms with Crippen LogP contribution in [0.2, 0.25) is 0 Å². The number of benzene rings is 2. The molecular formula is C29H42N2O. The van der Waals surface area contributed by atoms with Crippen molar-refractivity contribution in [1.29, 1.82) is 0 Å². The van der Waals surface area contributed by atoms with Gasteiger partial charge in [0.15, 0.2) is 5.78 Å². The third-order valence-electron chi connectivity index (χ3n) is 7.68. The molecule has 2 aromatic carbocycles. The van der Waals surface area contributed by atoms with Crippen molar-refractivity contribution in [3.8, 4) is 0 Å². The van der Waals surface area contributed by atoms with Crippen LogP contribution in [0.4, 0.5) is 5.69 Å². The zero-order valence-electron chi connectivity index (χ0n) is 20.8. The van der Waals surface area contributed by atoms with Crippen LogP contribution in [0.25, 0.3) is 10.8 Å². The SMILES string of the molecule is CCCCC1(CCCC)C(=O)c2cccc3c(N4CCCN(CC(C)C)CC4)ccc1c23. The maximum atomic E-state index is 13.9. The maximum absolute atomic E-state index is 13.9. The van der Waals surface area contributed by atoms with Crippen molar-refractivity contribution < 1.29 is 4.79 Å². The molecule has 0 unspecified atom stereocenters. The number of hydrogen-bond acceptors (Lipinski definition) is 3. The minimum Gasteiger partial charge on any atom is -0.370 e. The van der Waals surface area contributed by atoms with E-state index >= 15 is 0 Å². The van der Waals surface area contributed by atoms with E-state index in [0.717, 1.165) is 63.7 Å². The molecule has 0 amide bonds. The summed E-state index contributed by atoms with van der Waals surface area (Å²) in [5.74, 6) is 1.10. The molecule has 3 nitrogen and oxygen atoms in total. The number of anilines is 1. The lowest BCUT2D eigenvalue weighted by molar-refractivity contribution is 0.0871. The summed E-state index contributed by atoms with van der Waals surface area (Å²) < 4.78 is 0. The molecule has 1 fully saturated rings. The third-order valence-corrected chi connectivity index (χ3v) is 7.68. The molecule has 0 saturated carbocycles. The normalized spacial score (nSPS) is 18.7. The van der Waals surface area contributed by atoms with Gasteiger partial charge in [-0.25, -0.2) is 0 Å². The van der Waals surface area contributed by atoms with Gasteiger partial charge < -0.3 is 9.80 Å². The number of unbranched alkanes of at least 4 members (excludes halogenated alkanes) is 2. The number of Topliss-reactive ketones (excluding diaryl/α,β-unsaturated/α-hetero) is 1. The number of ketones is 1. The van der Waals surface area contributed by atoms with E-state index in [4.69, 9.17) is 0 Å². The van der Waals surface area contributed by atoms with Crippen molar-refractivity contribution >= 4 is 22.2 Å². The number of hydrogen-bond donors (Lipinski definition) is 0. The van der Waals surface area contributed by atoms with Crippen LogP contribution in [0.5, 0.6) is 0 Å². The van der Waals surface area contributed by atoms with Crippen molar-refractivity contribution in [2.45, 2.75) is 78.1 Å². The Bertz CT molecular complexity index is 940. The molecule has 0 N–H and O–H groups in total. The van der Waals surface area contributed by atoms with Gasteiger partial charge >= 0.3 is 0 Å². The summed E-state index contributed by atoms with van der Waals surface area (Å²) in [5.41, 5.74) is 3.31. The summed E-state index contributed by atoms with van der Waals surface area (Å²) >= 11 is 0. The quantitative estimate of drug-likeness (QED) is 0.432. The zero-order chi connectivity index (χ0) is 22.7. The van der Waals surface area contributed by atoms with Gasteiger partial charge in [-0.05, 0) is 48.7 Å². The second-order valence-corrected chi connectivity index (χ2v) is 10.5. The molecule has 32 heavy (non-hydrogen) atoms. The van der Waals surface area contributed by atoms with Crippen molar-refractivity contribution in [2.75, 3.05) is 37.6 Å². The Hall–Kier alpha value is -1.87. The molecule has 0 aromatic heterocycles. The summed E-state index contributed by atoms with van der Waals surface area (Å²) in [6, 6.07) is 11.1. The van der Waals surface area contributed by atoms with E-state index in [9.17, 15) is 4.79 Å². The van der Waals surface area contributed by atoms with E-state index in [1.165, 1.54) is 41.5 Å². The van der Waals surface area contributed by atoms with Gasteiger partial charge in [-0.3, -0.25) is 4.79 Å². The van der Waals surface area contributed by atoms with Gasteiger partial charge in [0, 0.05) is 42.8 Å². The van der Waals surface area contributed by atoms with Crippen molar-refractivity contribution in [3.63, 3.8) is 0 Å². The molecule has 0 bridgehead atoms. The van der Waals surface area contributed by atoms with Crippen molar-refractivity contribution in [3.05, 3.63) is 41.5 Å². The molecule has 1 saturated heterocycles. The van der Waals surface area contributed by atoms with E-state index in [1.54, 1.807) is 0 Å². The monoisotopic (exact) mass is 434 g/mol. The van der Waals surface area contributed by atoms with Crippen LogP contribution in [0.1, 0.15) is 88.6 Å². The Morgan fingerprint density at radius 2 is 1.69 bits per heavy atom. The van der Waals surface area contributed by atoms with Crippen molar-refractivity contribution in [2.24, 2.45) is 5.92 Å². The Morgan fingerprint density at radius 3 is 2.38 bits per heavy atom. The second-order valence-electron chi connectivity index (χ2n) is 10.5. The average Bonchev–Trinajstić information content (AvgIpc) is 2.91. The van der Waals surface area contributed by atoms with Crippen LogP contribution in [-0.4, -0.2) is 43.4 Å². The van der Waals surface area contributed by atoms with Crippen LogP contribution >= 0.6 is 0 Å². The van der Waals surface area contributed by atoms with Gasteiger partial charge in [0.1, 0.15) is 0 Å². The number of rotatable bonds is 9. The molecule has 4 rings (SSSR count). The smallest absolute Gasteiger partial charge is 0.174 e. The first-order valence-electron chi connectivity index (χ1n) is 13.1. The molecule has 1 heterocycles. The first-order valence-corrected chi connectivity index (χ1v) is 13.1. The van der Waals surface area contributed by atoms with Gasteiger partial charge in [0.25, 0.3) is 0 Å². The summed E-state index contributed by atoms with van der Waals surface area (Å²) in [6.07, 6.45) is 7.68. The highest BCUT2D eigenvalue weighted by Gasteiger charge is 2.46. The van der Waals surface area contributed by atoms with E-state index in [0.29, 0.717) is 11.7 Å². The lowest BCUT2D eigenvalue weighted by Crippen LogP contribution is -2.33. The van der Waals surface area contributed by atoms with Crippen LogP contribution in [0, 0.1) is 5.92 Å². The molecule has 0 radical (unpaired) electrons. The van der Waals surface area contributed by atoms with Gasteiger partial charge in [0.05, 0.1) is 5.41 Å². The van der Waals surface area contributed by atoms with Crippen LogP contribution < -0.4 is 4.90 Å². The Morgan fingerprint density at radius 1 is 0.938 bits per heavy atom. The number of carbonyl (C=O) groups is 1. The van der Waals surface area contributed by atoms with E-state index in [-0.39, 0.29) is 5.41 Å². The van der Waals surface area contributed by atoms with E-state index in [1.807, 2.05) is 0 Å². The van der Waals surface area contributed by atoms with Gasteiger partial charge in [-0.1, -0.05) is 77.6 Å². The average molecular weight is 435 g/mol. The summed E-state index contributed by atoms with van der Waals surface area (Å²) in [6.45, 7) is 14.8. The molecule has 1 aliphatic heterocycles. The fourth-order valence-electron chi connectivity index (χ4n) is 6.12.